The fourth-order valence-corrected chi connectivity index (χ4v) is 2.98. The molecule has 2 rings (SSSR count). The van der Waals surface area contributed by atoms with Crippen molar-refractivity contribution in [3.05, 3.63) is 72.4 Å². The predicted octanol–water partition coefficient (Wildman–Crippen LogP) is 3.55. The molecule has 0 bridgehead atoms. The van der Waals surface area contributed by atoms with Crippen molar-refractivity contribution in [2.45, 2.75) is 18.0 Å². The van der Waals surface area contributed by atoms with E-state index in [2.05, 4.69) is 0 Å². The van der Waals surface area contributed by atoms with Gasteiger partial charge in [-0.3, -0.25) is 9.69 Å². The van der Waals surface area contributed by atoms with Gasteiger partial charge < -0.3 is 0 Å². The Hall–Kier alpha value is -3.14. The average molecular weight is 412 g/mol. The van der Waals surface area contributed by atoms with Crippen LogP contribution in [0.2, 0.25) is 0 Å². The van der Waals surface area contributed by atoms with E-state index >= 15 is 0 Å². The summed E-state index contributed by atoms with van der Waals surface area (Å²) in [4.78, 5) is 23.9. The third-order valence-corrected chi connectivity index (χ3v) is 4.80. The van der Waals surface area contributed by atoms with Crippen molar-refractivity contribution in [1.29, 1.82) is 0 Å². The monoisotopic (exact) mass is 412 g/mol. The van der Waals surface area contributed by atoms with E-state index in [4.69, 9.17) is 0 Å². The van der Waals surface area contributed by atoms with E-state index in [-0.39, 0.29) is 16.7 Å². The molecule has 0 spiro atoms. The smallest absolute Gasteiger partial charge is 0.285 e. The van der Waals surface area contributed by atoms with Gasteiger partial charge in [-0.1, -0.05) is 35.9 Å². The Morgan fingerprint density at radius 1 is 1.00 bits per heavy atom. The molecule has 2 amide bonds. The van der Waals surface area contributed by atoms with Crippen molar-refractivity contribution in [3.8, 4) is 0 Å². The van der Waals surface area contributed by atoms with Gasteiger partial charge in [-0.15, -0.1) is 0 Å². The lowest BCUT2D eigenvalue weighted by molar-refractivity contribution is -0.165. The van der Waals surface area contributed by atoms with Gasteiger partial charge >= 0.3 is 12.2 Å². The van der Waals surface area contributed by atoms with Crippen LogP contribution in [0, 0.1) is 6.92 Å². The van der Waals surface area contributed by atoms with E-state index in [1.807, 2.05) is 0 Å². The van der Waals surface area contributed by atoms with Crippen LogP contribution in [0.5, 0.6) is 0 Å². The number of halogens is 3. The van der Waals surface area contributed by atoms with Gasteiger partial charge in [0.25, 0.3) is 15.8 Å². The van der Waals surface area contributed by atoms with Crippen molar-refractivity contribution in [3.63, 3.8) is 0 Å². The van der Waals surface area contributed by atoms with Crippen molar-refractivity contribution in [1.82, 2.24) is 4.72 Å². The van der Waals surface area contributed by atoms with Crippen LogP contribution in [0.15, 0.2) is 71.8 Å². The lowest BCUT2D eigenvalue weighted by Gasteiger charge is -2.19. The van der Waals surface area contributed by atoms with Gasteiger partial charge in [0.1, 0.15) is 0 Å². The molecule has 0 unspecified atom stereocenters. The number of ketones is 1. The summed E-state index contributed by atoms with van der Waals surface area (Å²) in [5.41, 5.74) is 0.857. The van der Waals surface area contributed by atoms with E-state index in [0.29, 0.717) is 11.1 Å². The summed E-state index contributed by atoms with van der Waals surface area (Å²) in [6.07, 6.45) is -4.42. The van der Waals surface area contributed by atoms with Crippen molar-refractivity contribution in [2.75, 3.05) is 4.90 Å². The summed E-state index contributed by atoms with van der Waals surface area (Å²) >= 11 is 0. The van der Waals surface area contributed by atoms with Crippen LogP contribution in [0.1, 0.15) is 5.56 Å². The number of sulfonamides is 1. The minimum atomic E-state index is -5.12. The number of alkyl halides is 3. The van der Waals surface area contributed by atoms with Crippen LogP contribution in [0.25, 0.3) is 0 Å². The molecule has 148 valence electrons. The molecule has 0 aliphatic heterocycles. The number of hydrogen-bond donors (Lipinski definition) is 1. The molecular weight excluding hydrogens is 397 g/mol. The largest absolute Gasteiger partial charge is 0.454 e. The minimum absolute atomic E-state index is 0.0605. The number of para-hydroxylation sites is 1. The van der Waals surface area contributed by atoms with E-state index in [1.165, 1.54) is 48.5 Å². The van der Waals surface area contributed by atoms with Gasteiger partial charge in [0, 0.05) is 12.3 Å². The maximum absolute atomic E-state index is 12.5. The lowest BCUT2D eigenvalue weighted by Crippen LogP contribution is -2.40. The van der Waals surface area contributed by atoms with Crippen LogP contribution in [-0.2, 0) is 14.8 Å². The van der Waals surface area contributed by atoms with Gasteiger partial charge in [0.2, 0.25) is 0 Å². The molecule has 1 N–H and O–H groups in total. The number of carbonyl (C=O) groups excluding carboxylic acids is 2. The summed E-state index contributed by atoms with van der Waals surface area (Å²) in [6.45, 7) is 1.74. The summed E-state index contributed by atoms with van der Waals surface area (Å²) in [7, 11) is -4.28. The quantitative estimate of drug-likeness (QED) is 0.762. The highest BCUT2D eigenvalue weighted by Crippen LogP contribution is 2.19. The van der Waals surface area contributed by atoms with Crippen LogP contribution in [0.4, 0.5) is 23.7 Å². The minimum Gasteiger partial charge on any atom is -0.285 e. The van der Waals surface area contributed by atoms with Crippen molar-refractivity contribution < 1.29 is 31.2 Å². The van der Waals surface area contributed by atoms with Crippen molar-refractivity contribution in [2.24, 2.45) is 0 Å². The van der Waals surface area contributed by atoms with Crippen LogP contribution in [0.3, 0.4) is 0 Å². The number of nitrogens with one attached hydrogen (secondary N) is 1. The number of amides is 2. The summed E-state index contributed by atoms with van der Waals surface area (Å²) in [6, 6.07) is 11.6. The summed E-state index contributed by atoms with van der Waals surface area (Å²) in [5.74, 6) is -2.19. The number of aryl methyl sites for hydroxylation is 1. The second-order valence-electron chi connectivity index (χ2n) is 5.61. The van der Waals surface area contributed by atoms with E-state index in [9.17, 15) is 31.2 Å². The molecule has 6 nitrogen and oxygen atoms in total. The second kappa shape index (κ2) is 8.26. The third kappa shape index (κ3) is 5.43. The molecule has 0 saturated carbocycles. The van der Waals surface area contributed by atoms with Gasteiger partial charge in [-0.2, -0.15) is 13.2 Å². The fraction of sp³-hybridized carbons (Fsp3) is 0.111. The number of nitrogens with zero attached hydrogens (tertiary/aromatic N) is 1. The zero-order valence-electron chi connectivity index (χ0n) is 14.5. The number of rotatable bonds is 5. The molecule has 0 aliphatic rings. The summed E-state index contributed by atoms with van der Waals surface area (Å²) < 4.78 is 63.7. The normalized spacial score (nSPS) is 12.0. The number of carbonyl (C=O) groups is 2. The van der Waals surface area contributed by atoms with E-state index in [1.54, 1.807) is 17.7 Å². The first-order valence-corrected chi connectivity index (χ1v) is 9.26. The molecule has 0 atom stereocenters. The Morgan fingerprint density at radius 3 is 2.11 bits per heavy atom. The molecule has 0 fully saturated rings. The second-order valence-corrected chi connectivity index (χ2v) is 7.29. The molecule has 0 heterocycles. The third-order valence-electron chi connectivity index (χ3n) is 3.46. The molecule has 0 saturated heterocycles. The highest BCUT2D eigenvalue weighted by atomic mass is 32.2. The highest BCUT2D eigenvalue weighted by molar-refractivity contribution is 7.90. The van der Waals surface area contributed by atoms with Crippen LogP contribution in [-0.4, -0.2) is 26.4 Å². The Bertz CT molecular complexity index is 986. The maximum Gasteiger partial charge on any atom is 0.454 e. The Balaban J connectivity index is 2.32. The number of allylic oxidation sites excluding steroid dienone is 1. The maximum atomic E-state index is 12.5. The van der Waals surface area contributed by atoms with Crippen molar-refractivity contribution >= 4 is 27.5 Å². The zero-order chi connectivity index (χ0) is 20.9. The zero-order valence-corrected chi connectivity index (χ0v) is 15.3. The number of hydrogen-bond acceptors (Lipinski definition) is 4. The number of anilines is 1. The molecule has 0 radical (unpaired) electrons. The molecule has 10 heteroatoms. The fourth-order valence-electron chi connectivity index (χ4n) is 2.04. The van der Waals surface area contributed by atoms with Gasteiger partial charge in [-0.25, -0.2) is 17.9 Å². The predicted molar refractivity (Wildman–Crippen MR) is 96.0 cm³/mol. The summed E-state index contributed by atoms with van der Waals surface area (Å²) in [5, 5.41) is 0. The highest BCUT2D eigenvalue weighted by Gasteiger charge is 2.36. The molecule has 28 heavy (non-hydrogen) atoms. The molecular formula is C18H15F3N2O4S. The lowest BCUT2D eigenvalue weighted by atomic mass is 10.2. The first-order valence-electron chi connectivity index (χ1n) is 7.78. The van der Waals surface area contributed by atoms with E-state index in [0.717, 1.165) is 5.56 Å². The Labute approximate surface area is 159 Å². The van der Waals surface area contributed by atoms with Crippen LogP contribution >= 0.6 is 0 Å². The molecule has 0 aliphatic carbocycles. The first kappa shape index (κ1) is 21.2. The van der Waals surface area contributed by atoms with E-state index < -0.39 is 28.0 Å². The number of benzene rings is 2. The Morgan fingerprint density at radius 2 is 1.57 bits per heavy atom. The van der Waals surface area contributed by atoms with Gasteiger partial charge in [0.05, 0.1) is 10.6 Å². The standard InChI is InChI=1S/C18H15F3N2O4S/c1-13-7-9-15(10-8-13)28(26,27)22-17(25)23(14-5-3-2-4-6-14)12-11-16(24)18(19,20)21/h2-12H,1H3,(H,22,25)/b12-11+. The average Bonchev–Trinajstić information content (AvgIpc) is 2.61. The van der Waals surface area contributed by atoms with Gasteiger partial charge in [-0.05, 0) is 31.2 Å². The molecule has 2 aromatic carbocycles. The molecule has 2 aromatic rings. The topological polar surface area (TPSA) is 83.6 Å². The Kier molecular flexibility index (Phi) is 6.24. The number of urea groups is 1. The molecule has 0 aromatic heterocycles. The SMILES string of the molecule is Cc1ccc(S(=O)(=O)NC(=O)N(/C=C/C(=O)C(F)(F)F)c2ccccc2)cc1. The van der Waals surface area contributed by atoms with Gasteiger partial charge in [0.15, 0.2) is 0 Å². The first-order chi connectivity index (χ1) is 13.0. The van der Waals surface area contributed by atoms with Crippen LogP contribution < -0.4 is 9.62 Å².